The molecule has 0 bridgehead atoms. The molecule has 1 saturated heterocycles. The Morgan fingerprint density at radius 3 is 2.86 bits per heavy atom. The van der Waals surface area contributed by atoms with Gasteiger partial charge in [0.1, 0.15) is 0 Å². The average molecular weight is 302 g/mol. The fourth-order valence-corrected chi connectivity index (χ4v) is 3.37. The lowest BCUT2D eigenvalue weighted by atomic mass is 9.97. The molecule has 0 saturated carbocycles. The van der Waals surface area contributed by atoms with Gasteiger partial charge in [0.15, 0.2) is 0 Å². The highest BCUT2D eigenvalue weighted by Gasteiger charge is 2.18. The molecule has 22 heavy (non-hydrogen) atoms. The van der Waals surface area contributed by atoms with Gasteiger partial charge in [0.2, 0.25) is 0 Å². The second-order valence-electron chi connectivity index (χ2n) is 6.18. The zero-order valence-electron chi connectivity index (χ0n) is 13.8. The fourth-order valence-electron chi connectivity index (χ4n) is 3.37. The summed E-state index contributed by atoms with van der Waals surface area (Å²) in [6.45, 7) is 10.2. The number of aromatic nitrogens is 5. The lowest BCUT2D eigenvalue weighted by Gasteiger charge is -2.20. The van der Waals surface area contributed by atoms with Crippen LogP contribution in [-0.4, -0.2) is 37.9 Å². The SMILES string of the molecule is CCc1c(C)nn(CCn2cc(C3CCCNC3)nn2)c1C. The third-order valence-electron chi connectivity index (χ3n) is 4.70. The molecule has 0 aliphatic carbocycles. The molecule has 1 atom stereocenters. The van der Waals surface area contributed by atoms with E-state index in [4.69, 9.17) is 0 Å². The second kappa shape index (κ2) is 6.60. The Balaban J connectivity index is 1.63. The molecule has 1 unspecified atom stereocenters. The number of hydrogen-bond acceptors (Lipinski definition) is 4. The highest BCUT2D eigenvalue weighted by atomic mass is 15.4. The minimum atomic E-state index is 0.517. The summed E-state index contributed by atoms with van der Waals surface area (Å²) in [5, 5.41) is 16.7. The Morgan fingerprint density at radius 2 is 2.18 bits per heavy atom. The first kappa shape index (κ1) is 15.2. The van der Waals surface area contributed by atoms with E-state index >= 15 is 0 Å². The molecule has 1 aliphatic rings. The largest absolute Gasteiger partial charge is 0.316 e. The maximum Gasteiger partial charge on any atom is 0.0870 e. The number of hydrogen-bond donors (Lipinski definition) is 1. The maximum atomic E-state index is 4.64. The van der Waals surface area contributed by atoms with E-state index in [-0.39, 0.29) is 0 Å². The van der Waals surface area contributed by atoms with Gasteiger partial charge in [-0.15, -0.1) is 5.10 Å². The van der Waals surface area contributed by atoms with E-state index in [0.717, 1.165) is 44.0 Å². The summed E-state index contributed by atoms with van der Waals surface area (Å²) in [4.78, 5) is 0. The molecule has 3 rings (SSSR count). The summed E-state index contributed by atoms with van der Waals surface area (Å²) in [5.41, 5.74) is 4.91. The van der Waals surface area contributed by atoms with Crippen LogP contribution in [0, 0.1) is 13.8 Å². The van der Waals surface area contributed by atoms with Crippen LogP contribution in [0.15, 0.2) is 6.20 Å². The molecular weight excluding hydrogens is 276 g/mol. The van der Waals surface area contributed by atoms with Crippen molar-refractivity contribution in [3.63, 3.8) is 0 Å². The van der Waals surface area contributed by atoms with E-state index in [9.17, 15) is 0 Å². The number of rotatable bonds is 5. The Morgan fingerprint density at radius 1 is 1.32 bits per heavy atom. The topological polar surface area (TPSA) is 60.6 Å². The molecular formula is C16H26N6. The molecule has 2 aromatic heterocycles. The third kappa shape index (κ3) is 3.06. The van der Waals surface area contributed by atoms with Crippen LogP contribution in [0.2, 0.25) is 0 Å². The van der Waals surface area contributed by atoms with Crippen LogP contribution < -0.4 is 5.32 Å². The molecule has 0 amide bonds. The van der Waals surface area contributed by atoms with Crippen LogP contribution in [0.5, 0.6) is 0 Å². The number of nitrogens with zero attached hydrogens (tertiary/aromatic N) is 5. The Bertz CT molecular complexity index is 621. The molecule has 1 aliphatic heterocycles. The fraction of sp³-hybridized carbons (Fsp3) is 0.688. The Labute approximate surface area is 131 Å². The van der Waals surface area contributed by atoms with Crippen LogP contribution >= 0.6 is 0 Å². The predicted octanol–water partition coefficient (Wildman–Crippen LogP) is 1.82. The summed E-state index contributed by atoms with van der Waals surface area (Å²) in [7, 11) is 0. The normalized spacial score (nSPS) is 18.8. The number of nitrogens with one attached hydrogen (secondary N) is 1. The van der Waals surface area contributed by atoms with Gasteiger partial charge in [-0.3, -0.25) is 9.36 Å². The van der Waals surface area contributed by atoms with E-state index in [1.54, 1.807) is 0 Å². The maximum absolute atomic E-state index is 4.64. The highest BCUT2D eigenvalue weighted by Crippen LogP contribution is 2.20. The smallest absolute Gasteiger partial charge is 0.0870 e. The zero-order valence-corrected chi connectivity index (χ0v) is 13.8. The molecule has 1 fully saturated rings. The Kier molecular flexibility index (Phi) is 4.57. The molecule has 2 aromatic rings. The molecule has 6 heteroatoms. The summed E-state index contributed by atoms with van der Waals surface area (Å²) in [5.74, 6) is 0.517. The van der Waals surface area contributed by atoms with E-state index in [2.05, 4.69) is 52.4 Å². The van der Waals surface area contributed by atoms with Gasteiger partial charge in [-0.05, 0) is 45.2 Å². The van der Waals surface area contributed by atoms with Crippen LogP contribution in [0.3, 0.4) is 0 Å². The molecule has 3 heterocycles. The van der Waals surface area contributed by atoms with Gasteiger partial charge < -0.3 is 5.32 Å². The van der Waals surface area contributed by atoms with Gasteiger partial charge in [0.25, 0.3) is 0 Å². The van der Waals surface area contributed by atoms with Crippen molar-refractivity contribution in [2.45, 2.75) is 59.0 Å². The van der Waals surface area contributed by atoms with Crippen molar-refractivity contribution < 1.29 is 0 Å². The highest BCUT2D eigenvalue weighted by molar-refractivity contribution is 5.24. The first-order chi connectivity index (χ1) is 10.7. The van der Waals surface area contributed by atoms with Crippen molar-refractivity contribution in [1.82, 2.24) is 30.1 Å². The first-order valence-electron chi connectivity index (χ1n) is 8.32. The molecule has 1 N–H and O–H groups in total. The Hall–Kier alpha value is -1.69. The number of aryl methyl sites for hydroxylation is 3. The van der Waals surface area contributed by atoms with E-state index in [1.165, 1.54) is 24.1 Å². The average Bonchev–Trinajstić information content (AvgIpc) is 3.11. The van der Waals surface area contributed by atoms with Crippen molar-refractivity contribution in [2.24, 2.45) is 0 Å². The predicted molar refractivity (Wildman–Crippen MR) is 85.9 cm³/mol. The van der Waals surface area contributed by atoms with Gasteiger partial charge in [0, 0.05) is 24.4 Å². The molecule has 6 nitrogen and oxygen atoms in total. The van der Waals surface area contributed by atoms with Crippen LogP contribution in [0.25, 0.3) is 0 Å². The van der Waals surface area contributed by atoms with Gasteiger partial charge in [-0.1, -0.05) is 12.1 Å². The van der Waals surface area contributed by atoms with E-state index < -0.39 is 0 Å². The summed E-state index contributed by atoms with van der Waals surface area (Å²) >= 11 is 0. The van der Waals surface area contributed by atoms with Gasteiger partial charge in [-0.25, -0.2) is 0 Å². The van der Waals surface area contributed by atoms with Gasteiger partial charge >= 0.3 is 0 Å². The van der Waals surface area contributed by atoms with Crippen LogP contribution in [0.1, 0.15) is 48.3 Å². The third-order valence-corrected chi connectivity index (χ3v) is 4.70. The number of piperidine rings is 1. The van der Waals surface area contributed by atoms with E-state index in [1.807, 2.05) is 4.68 Å². The van der Waals surface area contributed by atoms with Crippen molar-refractivity contribution >= 4 is 0 Å². The van der Waals surface area contributed by atoms with E-state index in [0.29, 0.717) is 5.92 Å². The van der Waals surface area contributed by atoms with Crippen LogP contribution in [-0.2, 0) is 19.5 Å². The molecule has 0 radical (unpaired) electrons. The van der Waals surface area contributed by atoms with Crippen LogP contribution in [0.4, 0.5) is 0 Å². The first-order valence-corrected chi connectivity index (χ1v) is 8.32. The minimum absolute atomic E-state index is 0.517. The molecule has 0 spiro atoms. The van der Waals surface area contributed by atoms with Crippen molar-refractivity contribution in [3.8, 4) is 0 Å². The standard InChI is InChI=1S/C16H26N6/c1-4-15-12(2)19-22(13(15)3)9-8-21-11-16(18-20-21)14-6-5-7-17-10-14/h11,14,17H,4-10H2,1-3H3. The zero-order chi connectivity index (χ0) is 15.5. The quantitative estimate of drug-likeness (QED) is 0.915. The minimum Gasteiger partial charge on any atom is -0.316 e. The van der Waals surface area contributed by atoms with Crippen molar-refractivity contribution in [2.75, 3.05) is 13.1 Å². The molecule has 0 aromatic carbocycles. The lowest BCUT2D eigenvalue weighted by Crippen LogP contribution is -2.28. The molecule has 120 valence electrons. The van der Waals surface area contributed by atoms with Crippen molar-refractivity contribution in [1.29, 1.82) is 0 Å². The lowest BCUT2D eigenvalue weighted by molar-refractivity contribution is 0.454. The second-order valence-corrected chi connectivity index (χ2v) is 6.18. The summed E-state index contributed by atoms with van der Waals surface area (Å²) < 4.78 is 4.05. The monoisotopic (exact) mass is 302 g/mol. The van der Waals surface area contributed by atoms with Gasteiger partial charge in [-0.2, -0.15) is 5.10 Å². The van der Waals surface area contributed by atoms with Crippen molar-refractivity contribution in [3.05, 3.63) is 28.8 Å². The summed E-state index contributed by atoms with van der Waals surface area (Å²) in [6, 6.07) is 0. The van der Waals surface area contributed by atoms with Gasteiger partial charge in [0.05, 0.1) is 24.5 Å². The summed E-state index contributed by atoms with van der Waals surface area (Å²) in [6.07, 6.45) is 5.58.